The molecule has 0 aliphatic heterocycles. The summed E-state index contributed by atoms with van der Waals surface area (Å²) in [5, 5.41) is 0. The molecule has 1 atom stereocenters. The summed E-state index contributed by atoms with van der Waals surface area (Å²) in [6, 6.07) is 17.7. The van der Waals surface area contributed by atoms with E-state index in [1.165, 1.54) is 0 Å². The van der Waals surface area contributed by atoms with Gasteiger partial charge in [0.25, 0.3) is 0 Å². The Morgan fingerprint density at radius 2 is 1.63 bits per heavy atom. The molecule has 19 heavy (non-hydrogen) atoms. The first-order chi connectivity index (χ1) is 9.16. The van der Waals surface area contributed by atoms with E-state index < -0.39 is 8.25 Å². The van der Waals surface area contributed by atoms with Crippen LogP contribution in [0.4, 0.5) is 11.4 Å². The minimum absolute atomic E-state index is 0.140. The first kappa shape index (κ1) is 13.7. The van der Waals surface area contributed by atoms with Gasteiger partial charge in [-0.2, -0.15) is 0 Å². The van der Waals surface area contributed by atoms with Gasteiger partial charge in [-0.15, -0.1) is 9.42 Å². The number of rotatable bonds is 5. The van der Waals surface area contributed by atoms with Crippen molar-refractivity contribution < 1.29 is 14.0 Å². The van der Waals surface area contributed by atoms with Crippen molar-refractivity contribution >= 4 is 19.6 Å². The first-order valence-corrected chi connectivity index (χ1v) is 6.96. The van der Waals surface area contributed by atoms with Crippen LogP contribution < -0.4 is 4.90 Å². The monoisotopic (exact) mass is 276 g/mol. The van der Waals surface area contributed by atoms with E-state index in [2.05, 4.69) is 9.42 Å². The molecular formula is C14H15NO3P+. The quantitative estimate of drug-likeness (QED) is 0.847. The number of hydrogen-bond acceptors (Lipinski definition) is 3. The van der Waals surface area contributed by atoms with Crippen LogP contribution in [-0.2, 0) is 15.7 Å². The summed E-state index contributed by atoms with van der Waals surface area (Å²) in [4.78, 5) is 10.7. The van der Waals surface area contributed by atoms with Crippen molar-refractivity contribution in [2.45, 2.75) is 6.61 Å². The van der Waals surface area contributed by atoms with E-state index >= 15 is 0 Å². The van der Waals surface area contributed by atoms with Crippen LogP contribution in [0.15, 0.2) is 54.6 Å². The molecule has 0 fully saturated rings. The summed E-state index contributed by atoms with van der Waals surface area (Å²) in [7, 11) is -0.549. The molecule has 0 spiro atoms. The second-order valence-electron chi connectivity index (χ2n) is 4.07. The Balaban J connectivity index is 2.08. The Morgan fingerprint density at radius 1 is 1.05 bits per heavy atom. The number of benzene rings is 2. The Kier molecular flexibility index (Phi) is 4.63. The van der Waals surface area contributed by atoms with Crippen LogP contribution in [0.5, 0.6) is 0 Å². The molecule has 1 N–H and O–H groups in total. The van der Waals surface area contributed by atoms with E-state index in [-0.39, 0.29) is 6.61 Å². The average Bonchev–Trinajstić information content (AvgIpc) is 2.46. The molecule has 0 saturated heterocycles. The van der Waals surface area contributed by atoms with Crippen LogP contribution >= 0.6 is 8.25 Å². The van der Waals surface area contributed by atoms with Crippen LogP contribution in [0.3, 0.4) is 0 Å². The lowest BCUT2D eigenvalue weighted by Gasteiger charge is -2.19. The molecule has 0 bridgehead atoms. The van der Waals surface area contributed by atoms with E-state index in [0.29, 0.717) is 0 Å². The Hall–Kier alpha value is -1.74. The summed E-state index contributed by atoms with van der Waals surface area (Å²) < 4.78 is 15.1. The Morgan fingerprint density at radius 3 is 2.21 bits per heavy atom. The Bertz CT molecular complexity index is 542. The molecule has 0 aliphatic carbocycles. The van der Waals surface area contributed by atoms with Crippen LogP contribution in [0.25, 0.3) is 0 Å². The fraction of sp³-hybridized carbons (Fsp3) is 0.143. The molecule has 2 aromatic rings. The lowest BCUT2D eigenvalue weighted by Crippen LogP contribution is -2.08. The highest BCUT2D eigenvalue weighted by atomic mass is 31.1. The van der Waals surface area contributed by atoms with Gasteiger partial charge in [-0.1, -0.05) is 30.3 Å². The predicted molar refractivity (Wildman–Crippen MR) is 75.6 cm³/mol. The average molecular weight is 276 g/mol. The van der Waals surface area contributed by atoms with Crippen molar-refractivity contribution in [3.05, 3.63) is 60.2 Å². The van der Waals surface area contributed by atoms with Crippen molar-refractivity contribution in [3.8, 4) is 0 Å². The van der Waals surface area contributed by atoms with E-state index in [1.807, 2.05) is 61.6 Å². The maximum Gasteiger partial charge on any atom is 0.695 e. The van der Waals surface area contributed by atoms with Crippen molar-refractivity contribution in [3.63, 3.8) is 0 Å². The third-order valence-corrected chi connectivity index (χ3v) is 3.16. The normalized spacial score (nSPS) is 11.2. The van der Waals surface area contributed by atoms with Gasteiger partial charge in [0.2, 0.25) is 0 Å². The fourth-order valence-corrected chi connectivity index (χ4v) is 2.01. The van der Waals surface area contributed by atoms with Gasteiger partial charge in [-0.3, -0.25) is 0 Å². The largest absolute Gasteiger partial charge is 0.695 e. The van der Waals surface area contributed by atoms with Gasteiger partial charge in [0.15, 0.2) is 0 Å². The van der Waals surface area contributed by atoms with E-state index in [9.17, 15) is 4.57 Å². The van der Waals surface area contributed by atoms with Gasteiger partial charge in [0.05, 0.1) is 0 Å². The second kappa shape index (κ2) is 6.43. The highest BCUT2D eigenvalue weighted by Gasteiger charge is 2.12. The van der Waals surface area contributed by atoms with E-state index in [4.69, 9.17) is 4.89 Å². The molecule has 0 amide bonds. The maximum absolute atomic E-state index is 10.5. The van der Waals surface area contributed by atoms with Gasteiger partial charge >= 0.3 is 8.25 Å². The van der Waals surface area contributed by atoms with Crippen LogP contribution in [0, 0.1) is 0 Å². The number of para-hydroxylation sites is 1. The molecule has 0 radical (unpaired) electrons. The van der Waals surface area contributed by atoms with Gasteiger partial charge < -0.3 is 4.90 Å². The van der Waals surface area contributed by atoms with Gasteiger partial charge in [0.1, 0.15) is 6.61 Å². The first-order valence-electron chi connectivity index (χ1n) is 5.83. The second-order valence-corrected chi connectivity index (χ2v) is 4.81. The molecule has 1 unspecified atom stereocenters. The van der Waals surface area contributed by atoms with Crippen molar-refractivity contribution in [1.82, 2.24) is 0 Å². The van der Waals surface area contributed by atoms with Crippen LogP contribution in [0.1, 0.15) is 5.56 Å². The molecule has 5 heteroatoms. The lowest BCUT2D eigenvalue weighted by molar-refractivity contribution is 0.272. The molecule has 0 aromatic heterocycles. The standard InChI is InChI=1S/C14H14NO3P/c1-15(13-5-3-2-4-6-13)14-9-7-12(8-10-14)11-18-19(16)17/h2-10H,11H2,1H3/p+1. The number of anilines is 2. The lowest BCUT2D eigenvalue weighted by atomic mass is 10.2. The summed E-state index contributed by atoms with van der Waals surface area (Å²) in [5.74, 6) is 0. The molecule has 0 aliphatic rings. The minimum atomic E-state index is -2.54. The summed E-state index contributed by atoms with van der Waals surface area (Å²) in [6.07, 6.45) is 0. The molecule has 0 saturated carbocycles. The number of hydrogen-bond donors (Lipinski definition) is 1. The van der Waals surface area contributed by atoms with E-state index in [0.717, 1.165) is 16.9 Å². The van der Waals surface area contributed by atoms with Gasteiger partial charge in [0, 0.05) is 23.0 Å². The molecule has 2 aromatic carbocycles. The molecule has 4 nitrogen and oxygen atoms in total. The van der Waals surface area contributed by atoms with Crippen molar-refractivity contribution in [1.29, 1.82) is 0 Å². The minimum Gasteiger partial charge on any atom is -0.345 e. The zero-order valence-electron chi connectivity index (χ0n) is 10.6. The maximum atomic E-state index is 10.5. The summed E-state index contributed by atoms with van der Waals surface area (Å²) in [5.41, 5.74) is 3.01. The van der Waals surface area contributed by atoms with Crippen molar-refractivity contribution in [2.75, 3.05) is 11.9 Å². The third-order valence-electron chi connectivity index (χ3n) is 2.81. The number of nitrogens with zero attached hydrogens (tertiary/aromatic N) is 1. The summed E-state index contributed by atoms with van der Waals surface area (Å²) >= 11 is 0. The molecule has 98 valence electrons. The SMILES string of the molecule is CN(c1ccccc1)c1ccc(CO[P+](=O)O)cc1. The Labute approximate surface area is 113 Å². The van der Waals surface area contributed by atoms with Gasteiger partial charge in [-0.05, 0) is 29.8 Å². The summed E-state index contributed by atoms with van der Waals surface area (Å²) in [6.45, 7) is 0.140. The molecular weight excluding hydrogens is 261 g/mol. The molecule has 2 rings (SSSR count). The topological polar surface area (TPSA) is 49.8 Å². The van der Waals surface area contributed by atoms with E-state index in [1.54, 1.807) is 0 Å². The third kappa shape index (κ3) is 3.86. The zero-order chi connectivity index (χ0) is 13.7. The zero-order valence-corrected chi connectivity index (χ0v) is 11.5. The van der Waals surface area contributed by atoms with Crippen molar-refractivity contribution in [2.24, 2.45) is 0 Å². The predicted octanol–water partition coefficient (Wildman–Crippen LogP) is 3.62. The highest BCUT2D eigenvalue weighted by molar-refractivity contribution is 7.32. The van der Waals surface area contributed by atoms with Crippen LogP contribution in [0.2, 0.25) is 0 Å². The van der Waals surface area contributed by atoms with Gasteiger partial charge in [-0.25, -0.2) is 0 Å². The fourth-order valence-electron chi connectivity index (χ4n) is 1.75. The molecule has 0 heterocycles. The smallest absolute Gasteiger partial charge is 0.345 e. The van der Waals surface area contributed by atoms with Crippen LogP contribution in [-0.4, -0.2) is 11.9 Å². The highest BCUT2D eigenvalue weighted by Crippen LogP contribution is 2.24.